The van der Waals surface area contributed by atoms with Crippen molar-refractivity contribution in [3.8, 4) is 17.2 Å². The van der Waals surface area contributed by atoms with Crippen LogP contribution in [0.15, 0.2) is 36.4 Å². The summed E-state index contributed by atoms with van der Waals surface area (Å²) in [6, 6.07) is 9.86. The van der Waals surface area contributed by atoms with Gasteiger partial charge in [-0.15, -0.1) is 0 Å². The lowest BCUT2D eigenvalue weighted by atomic mass is 10.1. The Kier molecular flexibility index (Phi) is 6.21. The molecular formula is C21H24N2O6. The molecule has 0 spiro atoms. The molecule has 2 aromatic rings. The van der Waals surface area contributed by atoms with E-state index in [9.17, 15) is 14.9 Å². The van der Waals surface area contributed by atoms with E-state index >= 15 is 0 Å². The molecule has 1 fully saturated rings. The largest absolute Gasteiger partial charge is 0.497 e. The topological polar surface area (TPSA) is 91.1 Å². The number of carbonyl (C=O) groups excluding carboxylic acids is 1. The Labute approximate surface area is 169 Å². The van der Waals surface area contributed by atoms with Gasteiger partial charge in [-0.1, -0.05) is 0 Å². The van der Waals surface area contributed by atoms with E-state index in [0.717, 1.165) is 18.4 Å². The first kappa shape index (κ1) is 20.4. The van der Waals surface area contributed by atoms with Gasteiger partial charge in [0.25, 0.3) is 5.91 Å². The third-order valence-electron chi connectivity index (χ3n) is 4.78. The molecule has 8 heteroatoms. The summed E-state index contributed by atoms with van der Waals surface area (Å²) in [4.78, 5) is 25.8. The number of amides is 1. The van der Waals surface area contributed by atoms with Crippen molar-refractivity contribution >= 4 is 11.6 Å². The molecule has 0 bridgehead atoms. The van der Waals surface area contributed by atoms with Crippen LogP contribution in [-0.4, -0.2) is 42.6 Å². The van der Waals surface area contributed by atoms with Gasteiger partial charge in [-0.2, -0.15) is 0 Å². The van der Waals surface area contributed by atoms with Crippen LogP contribution in [-0.2, 0) is 6.54 Å². The van der Waals surface area contributed by atoms with Gasteiger partial charge in [0, 0.05) is 23.2 Å². The van der Waals surface area contributed by atoms with E-state index in [0.29, 0.717) is 24.7 Å². The lowest BCUT2D eigenvalue weighted by molar-refractivity contribution is -0.385. The van der Waals surface area contributed by atoms with Crippen LogP contribution < -0.4 is 14.2 Å². The van der Waals surface area contributed by atoms with Crippen molar-refractivity contribution in [2.45, 2.75) is 32.4 Å². The van der Waals surface area contributed by atoms with Gasteiger partial charge in [-0.25, -0.2) is 0 Å². The third kappa shape index (κ3) is 4.59. The minimum Gasteiger partial charge on any atom is -0.497 e. The van der Waals surface area contributed by atoms with Crippen molar-refractivity contribution in [3.63, 3.8) is 0 Å². The molecule has 1 aliphatic rings. The molecule has 1 amide bonds. The average Bonchev–Trinajstić information content (AvgIpc) is 3.56. The number of ether oxygens (including phenoxy) is 3. The molecule has 0 aliphatic heterocycles. The van der Waals surface area contributed by atoms with Crippen LogP contribution in [0.3, 0.4) is 0 Å². The Bertz CT molecular complexity index is 910. The number of nitro benzene ring substituents is 1. The van der Waals surface area contributed by atoms with E-state index in [2.05, 4.69) is 0 Å². The zero-order valence-electron chi connectivity index (χ0n) is 16.7. The third-order valence-corrected chi connectivity index (χ3v) is 4.78. The zero-order valence-corrected chi connectivity index (χ0v) is 16.7. The van der Waals surface area contributed by atoms with Crippen LogP contribution in [0.2, 0.25) is 0 Å². The molecule has 3 rings (SSSR count). The van der Waals surface area contributed by atoms with Crippen molar-refractivity contribution < 1.29 is 23.9 Å². The molecule has 154 valence electrons. The summed E-state index contributed by atoms with van der Waals surface area (Å²) in [5.74, 6) is 1.22. The van der Waals surface area contributed by atoms with E-state index in [1.807, 2.05) is 6.07 Å². The van der Waals surface area contributed by atoms with Crippen molar-refractivity contribution in [2.24, 2.45) is 0 Å². The van der Waals surface area contributed by atoms with Crippen LogP contribution in [0.25, 0.3) is 0 Å². The molecule has 0 N–H and O–H groups in total. The summed E-state index contributed by atoms with van der Waals surface area (Å²) in [5.41, 5.74) is 0.855. The first-order valence-corrected chi connectivity index (χ1v) is 9.41. The summed E-state index contributed by atoms with van der Waals surface area (Å²) >= 11 is 0. The molecule has 0 atom stereocenters. The molecule has 0 radical (unpaired) electrons. The maximum atomic E-state index is 13.2. The van der Waals surface area contributed by atoms with Gasteiger partial charge in [0.1, 0.15) is 11.5 Å². The SMILES string of the molecule is CCOc1ccc(C(=O)N(Cc2cc(OC)ccc2OC)C2CC2)cc1[N+](=O)[O-]. The summed E-state index contributed by atoms with van der Waals surface area (Å²) < 4.78 is 16.0. The fraction of sp³-hybridized carbons (Fsp3) is 0.381. The number of rotatable bonds is 9. The van der Waals surface area contributed by atoms with Crippen molar-refractivity contribution in [1.29, 1.82) is 0 Å². The Morgan fingerprint density at radius 2 is 1.86 bits per heavy atom. The number of methoxy groups -OCH3 is 2. The van der Waals surface area contributed by atoms with E-state index in [4.69, 9.17) is 14.2 Å². The van der Waals surface area contributed by atoms with Crippen LogP contribution >= 0.6 is 0 Å². The van der Waals surface area contributed by atoms with Gasteiger partial charge in [0.2, 0.25) is 0 Å². The fourth-order valence-corrected chi connectivity index (χ4v) is 3.18. The standard InChI is InChI=1S/C21H24N2O6/c1-4-29-20-9-5-14(12-18(20)23(25)26)21(24)22(16-6-7-16)13-15-11-17(27-2)8-10-19(15)28-3/h5,8-12,16H,4,6-7,13H2,1-3H3. The monoisotopic (exact) mass is 400 g/mol. The van der Waals surface area contributed by atoms with Crippen molar-refractivity contribution in [1.82, 2.24) is 4.90 Å². The lowest BCUT2D eigenvalue weighted by Gasteiger charge is -2.24. The minimum absolute atomic E-state index is 0.101. The number of nitrogens with zero attached hydrogens (tertiary/aromatic N) is 2. The van der Waals surface area contributed by atoms with Crippen LogP contribution in [0.1, 0.15) is 35.7 Å². The number of carbonyl (C=O) groups is 1. The Morgan fingerprint density at radius 3 is 2.45 bits per heavy atom. The molecule has 0 unspecified atom stereocenters. The van der Waals surface area contributed by atoms with E-state index in [1.165, 1.54) is 12.1 Å². The van der Waals surface area contributed by atoms with Gasteiger partial charge in [-0.3, -0.25) is 14.9 Å². The predicted molar refractivity (Wildman–Crippen MR) is 107 cm³/mol. The van der Waals surface area contributed by atoms with E-state index < -0.39 is 4.92 Å². The van der Waals surface area contributed by atoms with Crippen LogP contribution in [0, 0.1) is 10.1 Å². The van der Waals surface area contributed by atoms with E-state index in [1.54, 1.807) is 44.2 Å². The van der Waals surface area contributed by atoms with Gasteiger partial charge >= 0.3 is 5.69 Å². The fourth-order valence-electron chi connectivity index (χ4n) is 3.18. The van der Waals surface area contributed by atoms with Gasteiger partial charge in [-0.05, 0) is 50.1 Å². The Hall–Kier alpha value is -3.29. The molecule has 0 heterocycles. The van der Waals surface area contributed by atoms with Crippen LogP contribution in [0.4, 0.5) is 5.69 Å². The molecule has 1 aliphatic carbocycles. The van der Waals surface area contributed by atoms with Crippen molar-refractivity contribution in [3.05, 3.63) is 57.6 Å². The van der Waals surface area contributed by atoms with Gasteiger partial charge in [0.15, 0.2) is 5.75 Å². The highest BCUT2D eigenvalue weighted by Gasteiger charge is 2.34. The average molecular weight is 400 g/mol. The highest BCUT2D eigenvalue weighted by atomic mass is 16.6. The minimum atomic E-state index is -0.533. The van der Waals surface area contributed by atoms with Crippen LogP contribution in [0.5, 0.6) is 17.2 Å². The molecule has 0 saturated heterocycles. The number of hydrogen-bond acceptors (Lipinski definition) is 6. The van der Waals surface area contributed by atoms with Gasteiger partial charge in [0.05, 0.1) is 32.3 Å². The maximum Gasteiger partial charge on any atom is 0.311 e. The molecule has 0 aromatic heterocycles. The first-order chi connectivity index (χ1) is 14.0. The summed E-state index contributed by atoms with van der Waals surface area (Å²) in [6.45, 7) is 2.38. The smallest absolute Gasteiger partial charge is 0.311 e. The molecule has 2 aromatic carbocycles. The first-order valence-electron chi connectivity index (χ1n) is 9.41. The molecule has 8 nitrogen and oxygen atoms in total. The normalized spacial score (nSPS) is 12.9. The van der Waals surface area contributed by atoms with Crippen molar-refractivity contribution in [2.75, 3.05) is 20.8 Å². The quantitative estimate of drug-likeness (QED) is 0.469. The van der Waals surface area contributed by atoms with E-state index in [-0.39, 0.29) is 28.9 Å². The summed E-state index contributed by atoms with van der Waals surface area (Å²) in [5, 5.41) is 11.4. The number of nitro groups is 1. The maximum absolute atomic E-state index is 13.2. The highest BCUT2D eigenvalue weighted by molar-refractivity contribution is 5.95. The highest BCUT2D eigenvalue weighted by Crippen LogP contribution is 2.34. The Balaban J connectivity index is 1.92. The van der Waals surface area contributed by atoms with Gasteiger partial charge < -0.3 is 19.1 Å². The molecule has 1 saturated carbocycles. The summed E-state index contributed by atoms with van der Waals surface area (Å²) in [7, 11) is 3.15. The second kappa shape index (κ2) is 8.81. The summed E-state index contributed by atoms with van der Waals surface area (Å²) in [6.07, 6.45) is 1.80. The zero-order chi connectivity index (χ0) is 21.0. The number of benzene rings is 2. The predicted octanol–water partition coefficient (Wildman–Crippen LogP) is 3.82. The molecular weight excluding hydrogens is 376 g/mol. The lowest BCUT2D eigenvalue weighted by Crippen LogP contribution is -2.32. The second-order valence-electron chi connectivity index (χ2n) is 6.71. The Morgan fingerprint density at radius 1 is 1.14 bits per heavy atom. The second-order valence-corrected chi connectivity index (χ2v) is 6.71. The number of hydrogen-bond donors (Lipinski definition) is 0. The molecule has 29 heavy (non-hydrogen) atoms.